The molecule has 0 spiro atoms. The first-order chi connectivity index (χ1) is 15.1. The van der Waals surface area contributed by atoms with Crippen molar-refractivity contribution in [1.82, 2.24) is 4.90 Å². The minimum Gasteiger partial charge on any atom is -0.481 e. The smallest absolute Gasteiger partial charge is 0.265 e. The summed E-state index contributed by atoms with van der Waals surface area (Å²) in [5, 5.41) is 2.93. The summed E-state index contributed by atoms with van der Waals surface area (Å²) in [5.74, 6) is 0.653. The number of hydrogen-bond donors (Lipinski definition) is 1. The fourth-order valence-electron chi connectivity index (χ4n) is 4.47. The molecule has 1 aliphatic heterocycles. The number of nitrogens with one attached hydrogen (secondary N) is 1. The van der Waals surface area contributed by atoms with Crippen LogP contribution in [-0.2, 0) is 17.6 Å². The van der Waals surface area contributed by atoms with E-state index in [1.807, 2.05) is 17.9 Å². The van der Waals surface area contributed by atoms with Crippen molar-refractivity contribution in [3.05, 3.63) is 59.2 Å². The van der Waals surface area contributed by atoms with Crippen LogP contribution in [0.2, 0.25) is 0 Å². The van der Waals surface area contributed by atoms with Gasteiger partial charge in [-0.3, -0.25) is 9.59 Å². The number of ether oxygens (including phenoxy) is 1. The minimum atomic E-state index is -0.559. The van der Waals surface area contributed by atoms with Crippen LogP contribution in [0, 0.1) is 0 Å². The summed E-state index contributed by atoms with van der Waals surface area (Å²) in [6.45, 7) is 3.61. The molecule has 31 heavy (non-hydrogen) atoms. The first-order valence-electron chi connectivity index (χ1n) is 11.6. The maximum atomic E-state index is 12.8. The van der Waals surface area contributed by atoms with Gasteiger partial charge in [0.2, 0.25) is 0 Å². The number of likely N-dealkylation sites (tertiary alicyclic amines) is 1. The molecule has 5 nitrogen and oxygen atoms in total. The fourth-order valence-corrected chi connectivity index (χ4v) is 4.47. The van der Waals surface area contributed by atoms with Crippen LogP contribution in [0.25, 0.3) is 0 Å². The third kappa shape index (κ3) is 5.27. The monoisotopic (exact) mass is 420 g/mol. The lowest BCUT2D eigenvalue weighted by molar-refractivity contribution is -0.122. The van der Waals surface area contributed by atoms with Crippen LogP contribution in [0.3, 0.4) is 0 Å². The molecule has 0 saturated carbocycles. The van der Waals surface area contributed by atoms with Crippen LogP contribution in [0.4, 0.5) is 5.69 Å². The lowest BCUT2D eigenvalue weighted by atomic mass is 9.92. The van der Waals surface area contributed by atoms with E-state index in [0.29, 0.717) is 17.7 Å². The van der Waals surface area contributed by atoms with Gasteiger partial charge in [0.25, 0.3) is 11.8 Å². The zero-order chi connectivity index (χ0) is 21.6. The zero-order valence-electron chi connectivity index (χ0n) is 18.4. The van der Waals surface area contributed by atoms with Gasteiger partial charge in [-0.1, -0.05) is 13.0 Å². The summed E-state index contributed by atoms with van der Waals surface area (Å²) < 4.78 is 6.03. The Bertz CT molecular complexity index is 917. The van der Waals surface area contributed by atoms with E-state index in [2.05, 4.69) is 17.4 Å². The van der Waals surface area contributed by atoms with Gasteiger partial charge in [-0.2, -0.15) is 0 Å². The Labute approximate surface area is 184 Å². The maximum Gasteiger partial charge on any atom is 0.265 e. The number of carbonyl (C=O) groups excluding carboxylic acids is 2. The lowest BCUT2D eigenvalue weighted by Gasteiger charge is -2.26. The number of rotatable bonds is 6. The Morgan fingerprint density at radius 2 is 1.65 bits per heavy atom. The maximum absolute atomic E-state index is 12.8. The number of hydrogen-bond acceptors (Lipinski definition) is 3. The van der Waals surface area contributed by atoms with Crippen molar-refractivity contribution in [2.24, 2.45) is 0 Å². The number of aryl methyl sites for hydroxylation is 2. The normalized spacial score (nSPS) is 16.9. The molecule has 1 fully saturated rings. The van der Waals surface area contributed by atoms with Crippen molar-refractivity contribution in [3.8, 4) is 5.75 Å². The molecule has 1 heterocycles. The second-order valence-electron chi connectivity index (χ2n) is 8.57. The molecule has 1 unspecified atom stereocenters. The summed E-state index contributed by atoms with van der Waals surface area (Å²) in [6.07, 6.45) is 8.03. The van der Waals surface area contributed by atoms with Crippen molar-refractivity contribution >= 4 is 17.5 Å². The highest BCUT2D eigenvalue weighted by molar-refractivity contribution is 5.97. The molecule has 2 aliphatic rings. The van der Waals surface area contributed by atoms with Crippen molar-refractivity contribution in [1.29, 1.82) is 0 Å². The van der Waals surface area contributed by atoms with Gasteiger partial charge in [-0.25, -0.2) is 0 Å². The molecule has 2 amide bonds. The van der Waals surface area contributed by atoms with Crippen LogP contribution >= 0.6 is 0 Å². The average molecular weight is 421 g/mol. The summed E-state index contributed by atoms with van der Waals surface area (Å²) in [6, 6.07) is 13.4. The molecular formula is C26H32N2O3. The highest BCUT2D eigenvalue weighted by Gasteiger charge is 2.21. The first kappa shape index (κ1) is 21.4. The summed E-state index contributed by atoms with van der Waals surface area (Å²) in [4.78, 5) is 27.3. The Hall–Kier alpha value is -2.82. The van der Waals surface area contributed by atoms with E-state index in [1.165, 1.54) is 30.4 Å². The fraction of sp³-hybridized carbons (Fsp3) is 0.462. The summed E-state index contributed by atoms with van der Waals surface area (Å²) in [5.41, 5.74) is 4.08. The third-order valence-corrected chi connectivity index (χ3v) is 6.30. The summed E-state index contributed by atoms with van der Waals surface area (Å²) in [7, 11) is 0. The molecular weight excluding hydrogens is 388 g/mol. The first-order valence-corrected chi connectivity index (χ1v) is 11.6. The standard InChI is InChI=1S/C26H32N2O3/c1-2-24(31-23-15-12-19-8-4-5-9-21(19)18-23)25(29)27-22-13-10-20(11-14-22)26(30)28-16-6-3-7-17-28/h10-15,18,24H,2-9,16-17H2,1H3,(H,27,29). The SMILES string of the molecule is CCC(Oc1ccc2c(c1)CCCC2)C(=O)Nc1ccc(C(=O)N2CCCCC2)cc1. The van der Waals surface area contributed by atoms with Gasteiger partial charge in [0.05, 0.1) is 0 Å². The lowest BCUT2D eigenvalue weighted by Crippen LogP contribution is -2.35. The Balaban J connectivity index is 1.36. The summed E-state index contributed by atoms with van der Waals surface area (Å²) >= 11 is 0. The van der Waals surface area contributed by atoms with E-state index < -0.39 is 6.10 Å². The van der Waals surface area contributed by atoms with Gasteiger partial charge >= 0.3 is 0 Å². The Kier molecular flexibility index (Phi) is 6.90. The van der Waals surface area contributed by atoms with Gasteiger partial charge in [-0.15, -0.1) is 0 Å². The molecule has 4 rings (SSSR count). The quantitative estimate of drug-likeness (QED) is 0.716. The average Bonchev–Trinajstić information content (AvgIpc) is 2.83. The second-order valence-corrected chi connectivity index (χ2v) is 8.57. The van der Waals surface area contributed by atoms with Crippen molar-refractivity contribution in [2.75, 3.05) is 18.4 Å². The zero-order valence-corrected chi connectivity index (χ0v) is 18.4. The van der Waals surface area contributed by atoms with Crippen molar-refractivity contribution in [2.45, 2.75) is 64.4 Å². The van der Waals surface area contributed by atoms with Crippen LogP contribution in [0.5, 0.6) is 5.75 Å². The van der Waals surface area contributed by atoms with Gasteiger partial charge < -0.3 is 15.0 Å². The van der Waals surface area contributed by atoms with E-state index >= 15 is 0 Å². The highest BCUT2D eigenvalue weighted by atomic mass is 16.5. The number of nitrogens with zero attached hydrogens (tertiary/aromatic N) is 1. The van der Waals surface area contributed by atoms with Gasteiger partial charge in [0.15, 0.2) is 6.10 Å². The Morgan fingerprint density at radius 3 is 2.35 bits per heavy atom. The van der Waals surface area contributed by atoms with Gasteiger partial charge in [0, 0.05) is 24.3 Å². The van der Waals surface area contributed by atoms with E-state index in [0.717, 1.165) is 44.5 Å². The van der Waals surface area contributed by atoms with Crippen molar-refractivity contribution in [3.63, 3.8) is 0 Å². The molecule has 1 aliphatic carbocycles. The molecule has 0 bridgehead atoms. The van der Waals surface area contributed by atoms with Crippen LogP contribution < -0.4 is 10.1 Å². The largest absolute Gasteiger partial charge is 0.481 e. The predicted molar refractivity (Wildman–Crippen MR) is 123 cm³/mol. The number of benzene rings is 2. The molecule has 164 valence electrons. The topological polar surface area (TPSA) is 58.6 Å². The van der Waals surface area contributed by atoms with Crippen LogP contribution in [0.1, 0.15) is 66.9 Å². The third-order valence-electron chi connectivity index (χ3n) is 6.30. The number of carbonyl (C=O) groups is 2. The molecule has 2 aromatic carbocycles. The minimum absolute atomic E-state index is 0.0692. The van der Waals surface area contributed by atoms with Crippen molar-refractivity contribution < 1.29 is 14.3 Å². The van der Waals surface area contributed by atoms with Crippen LogP contribution in [-0.4, -0.2) is 35.9 Å². The number of amides is 2. The second kappa shape index (κ2) is 9.99. The Morgan fingerprint density at radius 1 is 0.935 bits per heavy atom. The molecule has 2 aromatic rings. The van der Waals surface area contributed by atoms with Gasteiger partial charge in [-0.05, 0) is 98.9 Å². The highest BCUT2D eigenvalue weighted by Crippen LogP contribution is 2.26. The van der Waals surface area contributed by atoms with Gasteiger partial charge in [0.1, 0.15) is 5.75 Å². The van der Waals surface area contributed by atoms with E-state index in [4.69, 9.17) is 4.74 Å². The number of anilines is 1. The number of piperidine rings is 1. The molecule has 0 radical (unpaired) electrons. The number of fused-ring (bicyclic) bond motifs is 1. The molecule has 0 aromatic heterocycles. The van der Waals surface area contributed by atoms with E-state index in [9.17, 15) is 9.59 Å². The molecule has 1 N–H and O–H groups in total. The van der Waals surface area contributed by atoms with Crippen LogP contribution in [0.15, 0.2) is 42.5 Å². The molecule has 5 heteroatoms. The molecule has 1 saturated heterocycles. The predicted octanol–water partition coefficient (Wildman–Crippen LogP) is 4.99. The van der Waals surface area contributed by atoms with E-state index in [-0.39, 0.29) is 11.8 Å². The van der Waals surface area contributed by atoms with E-state index in [1.54, 1.807) is 24.3 Å². The molecule has 1 atom stereocenters.